The molecule has 27 heavy (non-hydrogen) atoms. The molecular weight excluding hydrogens is 346 g/mol. The lowest BCUT2D eigenvalue weighted by Gasteiger charge is -2.32. The van der Waals surface area contributed by atoms with Crippen molar-refractivity contribution in [3.05, 3.63) is 52.7 Å². The summed E-state index contributed by atoms with van der Waals surface area (Å²) in [7, 11) is 0. The van der Waals surface area contributed by atoms with Crippen molar-refractivity contribution in [1.82, 2.24) is 15.1 Å². The first-order chi connectivity index (χ1) is 13.1. The Morgan fingerprint density at radius 3 is 2.93 bits per heavy atom. The molecule has 8 heteroatoms. The minimum atomic E-state index is -0.353. The van der Waals surface area contributed by atoms with Gasteiger partial charge in [0, 0.05) is 30.9 Å². The summed E-state index contributed by atoms with van der Waals surface area (Å²) in [5.74, 6) is 1.11. The summed E-state index contributed by atoms with van der Waals surface area (Å²) in [6, 6.07) is 10.5. The Bertz CT molecular complexity index is 957. The van der Waals surface area contributed by atoms with Gasteiger partial charge in [0.05, 0.1) is 4.92 Å². The summed E-state index contributed by atoms with van der Waals surface area (Å²) in [6.45, 7) is 3.82. The summed E-state index contributed by atoms with van der Waals surface area (Å²) in [5, 5.41) is 15.6. The maximum absolute atomic E-state index is 11.7. The molecule has 0 bridgehead atoms. The molecule has 1 aliphatic rings. The van der Waals surface area contributed by atoms with Gasteiger partial charge in [-0.2, -0.15) is 4.98 Å². The van der Waals surface area contributed by atoms with Gasteiger partial charge in [-0.15, -0.1) is 0 Å². The third-order valence-corrected chi connectivity index (χ3v) is 4.74. The lowest BCUT2D eigenvalue weighted by Crippen LogP contribution is -2.34. The van der Waals surface area contributed by atoms with Crippen molar-refractivity contribution in [3.8, 4) is 23.0 Å². The fourth-order valence-corrected chi connectivity index (χ4v) is 3.42. The van der Waals surface area contributed by atoms with Crippen LogP contribution in [0.25, 0.3) is 23.0 Å². The van der Waals surface area contributed by atoms with Crippen LogP contribution in [0.5, 0.6) is 0 Å². The number of anilines is 1. The molecule has 0 amide bonds. The second-order valence-corrected chi connectivity index (χ2v) is 6.79. The molecule has 0 unspecified atom stereocenters. The van der Waals surface area contributed by atoms with E-state index in [1.807, 2.05) is 6.07 Å². The Morgan fingerprint density at radius 2 is 2.19 bits per heavy atom. The van der Waals surface area contributed by atoms with E-state index in [0.29, 0.717) is 28.7 Å². The Morgan fingerprint density at radius 1 is 1.30 bits per heavy atom. The Balaban J connectivity index is 1.67. The molecule has 3 heterocycles. The van der Waals surface area contributed by atoms with Crippen LogP contribution in [0.2, 0.25) is 0 Å². The number of nitrogens with zero attached hydrogens (tertiary/aromatic N) is 5. The Hall–Kier alpha value is -3.29. The minimum absolute atomic E-state index is 0.0548. The molecule has 3 aromatic rings. The van der Waals surface area contributed by atoms with E-state index in [9.17, 15) is 10.1 Å². The molecule has 8 nitrogen and oxygen atoms in total. The lowest BCUT2D eigenvalue weighted by molar-refractivity contribution is -0.384. The summed E-state index contributed by atoms with van der Waals surface area (Å²) >= 11 is 0. The van der Waals surface area contributed by atoms with Crippen molar-refractivity contribution in [3.63, 3.8) is 0 Å². The van der Waals surface area contributed by atoms with Gasteiger partial charge in [-0.05, 0) is 43.0 Å². The van der Waals surface area contributed by atoms with Crippen molar-refractivity contribution in [1.29, 1.82) is 0 Å². The molecule has 0 aliphatic carbocycles. The van der Waals surface area contributed by atoms with Crippen LogP contribution in [-0.2, 0) is 0 Å². The highest BCUT2D eigenvalue weighted by molar-refractivity contribution is 5.71. The number of piperidine rings is 1. The van der Waals surface area contributed by atoms with Crippen LogP contribution >= 0.6 is 0 Å². The quantitative estimate of drug-likeness (QED) is 0.510. The van der Waals surface area contributed by atoms with Crippen molar-refractivity contribution in [2.75, 3.05) is 18.0 Å². The highest BCUT2D eigenvalue weighted by Gasteiger charge is 2.25. The summed E-state index contributed by atoms with van der Waals surface area (Å²) < 4.78 is 5.30. The number of aromatic nitrogens is 3. The van der Waals surface area contributed by atoms with E-state index in [1.54, 1.807) is 30.5 Å². The van der Waals surface area contributed by atoms with Crippen molar-refractivity contribution in [2.45, 2.75) is 19.8 Å². The predicted octanol–water partition coefficient (Wildman–Crippen LogP) is 3.94. The van der Waals surface area contributed by atoms with Gasteiger partial charge in [0.1, 0.15) is 11.4 Å². The monoisotopic (exact) mass is 365 g/mol. The first-order valence-corrected chi connectivity index (χ1v) is 8.90. The zero-order valence-electron chi connectivity index (χ0n) is 14.9. The van der Waals surface area contributed by atoms with E-state index in [0.717, 1.165) is 25.9 Å². The topological polar surface area (TPSA) is 98.2 Å². The van der Waals surface area contributed by atoms with Gasteiger partial charge in [0.15, 0.2) is 0 Å². The molecule has 1 atom stereocenters. The second kappa shape index (κ2) is 7.14. The number of hydrogen-bond donors (Lipinski definition) is 0. The molecule has 4 rings (SSSR count). The molecule has 1 aromatic carbocycles. The van der Waals surface area contributed by atoms with Gasteiger partial charge < -0.3 is 9.42 Å². The summed E-state index contributed by atoms with van der Waals surface area (Å²) in [5.41, 5.74) is 1.80. The molecule has 2 aromatic heterocycles. The third kappa shape index (κ3) is 3.51. The van der Waals surface area contributed by atoms with Crippen molar-refractivity contribution < 1.29 is 9.45 Å². The van der Waals surface area contributed by atoms with E-state index < -0.39 is 0 Å². The number of benzene rings is 1. The van der Waals surface area contributed by atoms with E-state index in [4.69, 9.17) is 4.52 Å². The molecule has 0 spiro atoms. The van der Waals surface area contributed by atoms with Crippen LogP contribution in [0, 0.1) is 16.0 Å². The van der Waals surface area contributed by atoms with Crippen LogP contribution in [0.15, 0.2) is 47.1 Å². The highest BCUT2D eigenvalue weighted by Crippen LogP contribution is 2.35. The van der Waals surface area contributed by atoms with Gasteiger partial charge >= 0.3 is 0 Å². The fourth-order valence-electron chi connectivity index (χ4n) is 3.42. The first-order valence-electron chi connectivity index (χ1n) is 8.90. The van der Waals surface area contributed by atoms with Crippen molar-refractivity contribution in [2.24, 2.45) is 5.92 Å². The zero-order valence-corrected chi connectivity index (χ0v) is 14.9. The van der Waals surface area contributed by atoms with Gasteiger partial charge in [0.2, 0.25) is 5.82 Å². The smallest absolute Gasteiger partial charge is 0.293 e. The van der Waals surface area contributed by atoms with E-state index in [2.05, 4.69) is 26.9 Å². The molecule has 0 saturated carbocycles. The average molecular weight is 365 g/mol. The number of pyridine rings is 1. The molecule has 1 fully saturated rings. The normalized spacial score (nSPS) is 17.1. The average Bonchev–Trinajstić information content (AvgIpc) is 3.18. The van der Waals surface area contributed by atoms with Crippen LogP contribution < -0.4 is 4.90 Å². The van der Waals surface area contributed by atoms with Gasteiger partial charge in [-0.25, -0.2) is 0 Å². The van der Waals surface area contributed by atoms with Gasteiger partial charge in [-0.3, -0.25) is 15.1 Å². The van der Waals surface area contributed by atoms with Crippen molar-refractivity contribution >= 4 is 11.4 Å². The van der Waals surface area contributed by atoms with Gasteiger partial charge in [0.25, 0.3) is 11.6 Å². The summed E-state index contributed by atoms with van der Waals surface area (Å²) in [6.07, 6.45) is 3.84. The molecular formula is C19H19N5O3. The van der Waals surface area contributed by atoms with E-state index in [-0.39, 0.29) is 16.5 Å². The van der Waals surface area contributed by atoms with Crippen LogP contribution in [0.3, 0.4) is 0 Å². The van der Waals surface area contributed by atoms with Crippen LogP contribution in [-0.4, -0.2) is 33.1 Å². The lowest BCUT2D eigenvalue weighted by atomic mass is 9.99. The second-order valence-electron chi connectivity index (χ2n) is 6.79. The molecule has 1 aliphatic heterocycles. The zero-order chi connectivity index (χ0) is 18.8. The number of hydrogen-bond acceptors (Lipinski definition) is 7. The fraction of sp³-hybridized carbons (Fsp3) is 0.316. The Labute approximate surface area is 156 Å². The predicted molar refractivity (Wildman–Crippen MR) is 100 cm³/mol. The van der Waals surface area contributed by atoms with Crippen LogP contribution in [0.4, 0.5) is 11.4 Å². The van der Waals surface area contributed by atoms with Crippen LogP contribution in [0.1, 0.15) is 19.8 Å². The molecule has 0 radical (unpaired) electrons. The SMILES string of the molecule is C[C@H]1CCCN(c2ccc(-c3nc(-c4ccccn4)no3)cc2[N+](=O)[O-])C1. The standard InChI is InChI=1S/C19H19N5O3/c1-13-5-4-10-23(12-13)16-8-7-14(11-17(16)24(25)26)19-21-18(22-27-19)15-6-2-3-9-20-15/h2-3,6-9,11,13H,4-5,10,12H2,1H3/t13-/m0/s1. The highest BCUT2D eigenvalue weighted by atomic mass is 16.6. The third-order valence-electron chi connectivity index (χ3n) is 4.74. The molecule has 0 N–H and O–H groups in total. The summed E-state index contributed by atoms with van der Waals surface area (Å²) in [4.78, 5) is 21.9. The number of nitro groups is 1. The number of nitro benzene ring substituents is 1. The van der Waals surface area contributed by atoms with E-state index in [1.165, 1.54) is 6.07 Å². The Kier molecular flexibility index (Phi) is 4.53. The molecule has 138 valence electrons. The maximum atomic E-state index is 11.7. The maximum Gasteiger partial charge on any atom is 0.293 e. The number of rotatable bonds is 4. The van der Waals surface area contributed by atoms with Gasteiger partial charge in [-0.1, -0.05) is 18.1 Å². The van der Waals surface area contributed by atoms with E-state index >= 15 is 0 Å². The first kappa shape index (κ1) is 17.1. The molecule has 1 saturated heterocycles. The minimum Gasteiger partial charge on any atom is -0.366 e. The largest absolute Gasteiger partial charge is 0.366 e.